The molecule has 0 aromatic carbocycles. The molecule has 0 aliphatic rings. The van der Waals surface area contributed by atoms with Crippen LogP contribution in [-0.2, 0) is 14.3 Å². The van der Waals surface area contributed by atoms with Crippen LogP contribution in [0.4, 0.5) is 0 Å². The van der Waals surface area contributed by atoms with Crippen LogP contribution < -0.4 is 5.32 Å². The molecule has 0 bridgehead atoms. The third kappa shape index (κ3) is 7.74. The van der Waals surface area contributed by atoms with Gasteiger partial charge in [-0.15, -0.1) is 0 Å². The summed E-state index contributed by atoms with van der Waals surface area (Å²) in [6, 6.07) is 0. The van der Waals surface area contributed by atoms with Gasteiger partial charge in [0.25, 0.3) is 0 Å². The molecule has 0 heterocycles. The van der Waals surface area contributed by atoms with Crippen LogP contribution in [-0.4, -0.2) is 32.5 Å². The molecule has 13 heavy (non-hydrogen) atoms. The van der Waals surface area contributed by atoms with E-state index in [9.17, 15) is 4.79 Å². The smallest absolute Gasteiger partial charge is 0.216 e. The Hall–Kier alpha value is -0.610. The van der Waals surface area contributed by atoms with Gasteiger partial charge in [-0.3, -0.25) is 4.79 Å². The lowest BCUT2D eigenvalue weighted by molar-refractivity contribution is -0.125. The molecule has 0 saturated heterocycles. The molecule has 0 radical (unpaired) electrons. The van der Waals surface area contributed by atoms with E-state index in [4.69, 9.17) is 9.47 Å². The van der Waals surface area contributed by atoms with Gasteiger partial charge in [0, 0.05) is 33.6 Å². The lowest BCUT2D eigenvalue weighted by Crippen LogP contribution is -2.23. The summed E-state index contributed by atoms with van der Waals surface area (Å²) in [5.74, 6) is 0.00498. The van der Waals surface area contributed by atoms with Crippen LogP contribution in [0.25, 0.3) is 0 Å². The van der Waals surface area contributed by atoms with Gasteiger partial charge in [0.1, 0.15) is 0 Å². The minimum absolute atomic E-state index is 0.00498. The van der Waals surface area contributed by atoms with Crippen LogP contribution in [0.3, 0.4) is 0 Å². The van der Waals surface area contributed by atoms with E-state index in [1.165, 1.54) is 6.92 Å². The molecule has 0 spiro atoms. The van der Waals surface area contributed by atoms with Crippen LogP contribution in [0.2, 0.25) is 0 Å². The van der Waals surface area contributed by atoms with Gasteiger partial charge < -0.3 is 14.8 Å². The first-order valence-electron chi connectivity index (χ1n) is 4.59. The average molecular weight is 189 g/mol. The number of nitrogens with one attached hydrogen (secondary N) is 1. The van der Waals surface area contributed by atoms with Crippen molar-refractivity contribution in [3.05, 3.63) is 0 Å². The van der Waals surface area contributed by atoms with Crippen molar-refractivity contribution in [3.8, 4) is 0 Å². The molecule has 0 aliphatic heterocycles. The molecule has 1 atom stereocenters. The standard InChI is InChI=1S/C9H19NO3/c1-4-13-9(12-3)6-5-7-10-8(2)11/h9H,4-7H2,1-3H3,(H,10,11). The maximum atomic E-state index is 10.5. The van der Waals surface area contributed by atoms with Gasteiger partial charge in [0.05, 0.1) is 0 Å². The second kappa shape index (κ2) is 8.01. The number of methoxy groups -OCH3 is 1. The van der Waals surface area contributed by atoms with Crippen molar-refractivity contribution in [3.63, 3.8) is 0 Å². The Morgan fingerprint density at radius 2 is 2.23 bits per heavy atom. The first-order valence-corrected chi connectivity index (χ1v) is 4.59. The van der Waals surface area contributed by atoms with Crippen molar-refractivity contribution in [1.82, 2.24) is 5.32 Å². The second-order valence-corrected chi connectivity index (χ2v) is 2.75. The Morgan fingerprint density at radius 3 is 2.69 bits per heavy atom. The molecule has 1 N–H and O–H groups in total. The Labute approximate surface area is 79.6 Å². The van der Waals surface area contributed by atoms with E-state index in [0.29, 0.717) is 13.2 Å². The maximum Gasteiger partial charge on any atom is 0.216 e. The van der Waals surface area contributed by atoms with Crippen LogP contribution >= 0.6 is 0 Å². The summed E-state index contributed by atoms with van der Waals surface area (Å²) in [7, 11) is 1.62. The minimum Gasteiger partial charge on any atom is -0.356 e. The number of hydrogen-bond acceptors (Lipinski definition) is 3. The zero-order chi connectivity index (χ0) is 10.1. The SMILES string of the molecule is CCOC(CCCNC(C)=O)OC. The highest BCUT2D eigenvalue weighted by atomic mass is 16.7. The van der Waals surface area contributed by atoms with E-state index < -0.39 is 0 Å². The van der Waals surface area contributed by atoms with Crippen LogP contribution in [0.5, 0.6) is 0 Å². The number of rotatable bonds is 7. The van der Waals surface area contributed by atoms with E-state index in [1.54, 1.807) is 7.11 Å². The Balaban J connectivity index is 3.32. The second-order valence-electron chi connectivity index (χ2n) is 2.75. The predicted molar refractivity (Wildman–Crippen MR) is 50.3 cm³/mol. The molecule has 78 valence electrons. The number of hydrogen-bond donors (Lipinski definition) is 1. The zero-order valence-corrected chi connectivity index (χ0v) is 8.63. The molecule has 0 rings (SSSR count). The Morgan fingerprint density at radius 1 is 1.54 bits per heavy atom. The van der Waals surface area contributed by atoms with Crippen LogP contribution in [0.1, 0.15) is 26.7 Å². The highest BCUT2D eigenvalue weighted by Crippen LogP contribution is 2.01. The van der Waals surface area contributed by atoms with Gasteiger partial charge in [0.2, 0.25) is 5.91 Å². The molecular formula is C9H19NO3. The van der Waals surface area contributed by atoms with E-state index >= 15 is 0 Å². The molecule has 4 heteroatoms. The number of ether oxygens (including phenoxy) is 2. The van der Waals surface area contributed by atoms with Gasteiger partial charge in [-0.1, -0.05) is 0 Å². The average Bonchev–Trinajstić information content (AvgIpc) is 2.10. The van der Waals surface area contributed by atoms with Crippen molar-refractivity contribution >= 4 is 5.91 Å². The summed E-state index contributed by atoms with van der Waals surface area (Å²) in [5, 5.41) is 2.72. The predicted octanol–water partition coefficient (Wildman–Crippen LogP) is 0.912. The summed E-state index contributed by atoms with van der Waals surface area (Å²) in [6.45, 7) is 4.77. The third-order valence-electron chi connectivity index (χ3n) is 1.61. The van der Waals surface area contributed by atoms with Crippen molar-refractivity contribution < 1.29 is 14.3 Å². The molecule has 1 amide bonds. The molecule has 1 unspecified atom stereocenters. The first kappa shape index (κ1) is 12.4. The van der Waals surface area contributed by atoms with E-state index in [0.717, 1.165) is 12.8 Å². The first-order chi connectivity index (χ1) is 6.20. The minimum atomic E-state index is -0.140. The van der Waals surface area contributed by atoms with Gasteiger partial charge >= 0.3 is 0 Å². The van der Waals surface area contributed by atoms with Crippen molar-refractivity contribution in [2.24, 2.45) is 0 Å². The Kier molecular flexibility index (Phi) is 7.63. The summed E-state index contributed by atoms with van der Waals surface area (Å²) in [5.41, 5.74) is 0. The fourth-order valence-electron chi connectivity index (χ4n) is 0.988. The molecule has 0 aliphatic carbocycles. The van der Waals surface area contributed by atoms with E-state index in [-0.39, 0.29) is 12.2 Å². The van der Waals surface area contributed by atoms with Crippen LogP contribution in [0, 0.1) is 0 Å². The highest BCUT2D eigenvalue weighted by molar-refractivity contribution is 5.72. The van der Waals surface area contributed by atoms with Gasteiger partial charge in [-0.05, 0) is 13.3 Å². The molecule has 0 aromatic heterocycles. The summed E-state index contributed by atoms with van der Waals surface area (Å²) in [6.07, 6.45) is 1.54. The van der Waals surface area contributed by atoms with Gasteiger partial charge in [-0.25, -0.2) is 0 Å². The summed E-state index contributed by atoms with van der Waals surface area (Å²) >= 11 is 0. The zero-order valence-electron chi connectivity index (χ0n) is 8.63. The van der Waals surface area contributed by atoms with Gasteiger partial charge in [0.15, 0.2) is 6.29 Å². The largest absolute Gasteiger partial charge is 0.356 e. The topological polar surface area (TPSA) is 47.6 Å². The normalized spacial score (nSPS) is 12.5. The number of carbonyl (C=O) groups is 1. The molecule has 0 aromatic rings. The number of amides is 1. The molecule has 4 nitrogen and oxygen atoms in total. The van der Waals surface area contributed by atoms with Crippen LogP contribution in [0.15, 0.2) is 0 Å². The molecule has 0 saturated carbocycles. The fourth-order valence-corrected chi connectivity index (χ4v) is 0.988. The Bertz CT molecular complexity index is 139. The lowest BCUT2D eigenvalue weighted by atomic mass is 10.3. The van der Waals surface area contributed by atoms with Crippen molar-refractivity contribution in [2.75, 3.05) is 20.3 Å². The van der Waals surface area contributed by atoms with E-state index in [2.05, 4.69) is 5.32 Å². The summed E-state index contributed by atoms with van der Waals surface area (Å²) in [4.78, 5) is 10.5. The van der Waals surface area contributed by atoms with E-state index in [1.807, 2.05) is 6.92 Å². The molecule has 0 fully saturated rings. The van der Waals surface area contributed by atoms with Crippen molar-refractivity contribution in [1.29, 1.82) is 0 Å². The highest BCUT2D eigenvalue weighted by Gasteiger charge is 2.05. The quantitative estimate of drug-likeness (QED) is 0.478. The van der Waals surface area contributed by atoms with Gasteiger partial charge in [-0.2, -0.15) is 0 Å². The molecular weight excluding hydrogens is 170 g/mol. The third-order valence-corrected chi connectivity index (χ3v) is 1.61. The fraction of sp³-hybridized carbons (Fsp3) is 0.889. The number of carbonyl (C=O) groups excluding carboxylic acids is 1. The lowest BCUT2D eigenvalue weighted by Gasteiger charge is -2.14. The maximum absolute atomic E-state index is 10.5. The monoisotopic (exact) mass is 189 g/mol. The summed E-state index contributed by atoms with van der Waals surface area (Å²) < 4.78 is 10.3. The van der Waals surface area contributed by atoms with Crippen molar-refractivity contribution in [2.45, 2.75) is 33.0 Å².